The third-order valence-corrected chi connectivity index (χ3v) is 5.61. The normalized spacial score (nSPS) is 11.2. The summed E-state index contributed by atoms with van der Waals surface area (Å²) in [7, 11) is -0.672. The first kappa shape index (κ1) is 23.7. The van der Waals surface area contributed by atoms with Crippen molar-refractivity contribution >= 4 is 15.9 Å². The van der Waals surface area contributed by atoms with Gasteiger partial charge in [-0.2, -0.15) is 0 Å². The van der Waals surface area contributed by atoms with Crippen LogP contribution in [0.15, 0.2) is 47.4 Å². The zero-order valence-electron chi connectivity index (χ0n) is 17.4. The summed E-state index contributed by atoms with van der Waals surface area (Å²) >= 11 is 0. The van der Waals surface area contributed by atoms with E-state index < -0.39 is 10.0 Å². The Balaban J connectivity index is 2.05. The molecular weight excluding hydrogens is 408 g/mol. The fourth-order valence-electron chi connectivity index (χ4n) is 2.60. The van der Waals surface area contributed by atoms with E-state index in [1.165, 1.54) is 25.3 Å². The summed E-state index contributed by atoms with van der Waals surface area (Å²) in [5.41, 5.74) is 1.08. The number of carbonyl (C=O) groups excluding carboxylic acids is 1. The minimum atomic E-state index is -3.72. The topological polar surface area (TPSA) is 103 Å². The molecule has 0 fully saturated rings. The van der Waals surface area contributed by atoms with Gasteiger partial charge in [0.1, 0.15) is 0 Å². The molecular formula is C21H28N2O6S. The van der Waals surface area contributed by atoms with Gasteiger partial charge in [0.15, 0.2) is 11.5 Å². The molecule has 0 saturated heterocycles. The van der Waals surface area contributed by atoms with E-state index in [0.717, 1.165) is 12.0 Å². The van der Waals surface area contributed by atoms with E-state index >= 15 is 0 Å². The van der Waals surface area contributed by atoms with Gasteiger partial charge in [0.05, 0.1) is 25.2 Å². The molecule has 1 amide bonds. The summed E-state index contributed by atoms with van der Waals surface area (Å²) < 4.78 is 42.9. The van der Waals surface area contributed by atoms with Crippen molar-refractivity contribution in [2.75, 3.05) is 34.0 Å². The number of amides is 1. The van der Waals surface area contributed by atoms with Crippen LogP contribution in [0.3, 0.4) is 0 Å². The van der Waals surface area contributed by atoms with Crippen molar-refractivity contribution < 1.29 is 27.4 Å². The number of methoxy groups -OCH3 is 2. The first-order valence-corrected chi connectivity index (χ1v) is 11.1. The number of nitrogens with one attached hydrogen (secondary N) is 2. The summed E-state index contributed by atoms with van der Waals surface area (Å²) in [6.45, 7) is 3.27. The molecule has 0 atom stereocenters. The Hall–Kier alpha value is -2.62. The van der Waals surface area contributed by atoms with Crippen LogP contribution in [0.2, 0.25) is 0 Å². The zero-order valence-corrected chi connectivity index (χ0v) is 18.3. The molecule has 0 spiro atoms. The summed E-state index contributed by atoms with van der Waals surface area (Å²) in [6.07, 6.45) is 0.887. The molecule has 8 nitrogen and oxygen atoms in total. The number of hydrogen-bond donors (Lipinski definition) is 2. The van der Waals surface area contributed by atoms with Crippen LogP contribution in [0.25, 0.3) is 0 Å². The Bertz CT molecular complexity index is 946. The number of hydrogen-bond acceptors (Lipinski definition) is 6. The Kier molecular flexibility index (Phi) is 9.10. The maximum absolute atomic E-state index is 12.5. The number of ether oxygens (including phenoxy) is 3. The average molecular weight is 437 g/mol. The molecule has 2 rings (SSSR count). The van der Waals surface area contributed by atoms with Crippen molar-refractivity contribution in [3.8, 4) is 11.5 Å². The van der Waals surface area contributed by atoms with Crippen LogP contribution >= 0.6 is 0 Å². The lowest BCUT2D eigenvalue weighted by Crippen LogP contribution is -2.28. The Morgan fingerprint density at radius 3 is 2.53 bits per heavy atom. The minimum Gasteiger partial charge on any atom is -0.493 e. The number of carbonyl (C=O) groups is 1. The van der Waals surface area contributed by atoms with Crippen LogP contribution < -0.4 is 19.5 Å². The smallest absolute Gasteiger partial charge is 0.251 e. The highest BCUT2D eigenvalue weighted by atomic mass is 32.2. The monoisotopic (exact) mass is 436 g/mol. The van der Waals surface area contributed by atoms with Crippen molar-refractivity contribution in [1.29, 1.82) is 0 Å². The van der Waals surface area contributed by atoms with Gasteiger partial charge in [0.2, 0.25) is 10.0 Å². The van der Waals surface area contributed by atoms with E-state index in [4.69, 9.17) is 14.2 Å². The van der Waals surface area contributed by atoms with Crippen LogP contribution in [0, 0.1) is 0 Å². The maximum Gasteiger partial charge on any atom is 0.251 e. The van der Waals surface area contributed by atoms with E-state index in [1.54, 1.807) is 25.3 Å². The first-order chi connectivity index (χ1) is 14.4. The fraction of sp³-hybridized carbons (Fsp3) is 0.381. The second-order valence-corrected chi connectivity index (χ2v) is 8.20. The van der Waals surface area contributed by atoms with Crippen LogP contribution in [-0.4, -0.2) is 48.3 Å². The van der Waals surface area contributed by atoms with E-state index in [-0.39, 0.29) is 36.1 Å². The quantitative estimate of drug-likeness (QED) is 0.495. The fourth-order valence-corrected chi connectivity index (χ4v) is 3.66. The number of benzene rings is 2. The van der Waals surface area contributed by atoms with Gasteiger partial charge in [-0.3, -0.25) is 4.79 Å². The standard InChI is InChI=1S/C21H28N2O6S/c1-4-11-29-19-9-8-16(13-20(19)28-3)15-22-21(24)17-6-5-7-18(14-17)30(25,26)23-10-12-27-2/h5-9,13-14,23H,4,10-12,15H2,1-3H3,(H,22,24). The molecule has 0 bridgehead atoms. The van der Waals surface area contributed by atoms with Crippen LogP contribution in [0.5, 0.6) is 11.5 Å². The SMILES string of the molecule is CCCOc1ccc(CNC(=O)c2cccc(S(=O)(=O)NCCOC)c2)cc1OC. The zero-order chi connectivity index (χ0) is 22.0. The van der Waals surface area contributed by atoms with E-state index in [2.05, 4.69) is 10.0 Å². The van der Waals surface area contributed by atoms with Crippen LogP contribution in [0.1, 0.15) is 29.3 Å². The van der Waals surface area contributed by atoms with Crippen molar-refractivity contribution in [1.82, 2.24) is 10.0 Å². The van der Waals surface area contributed by atoms with Gasteiger partial charge in [-0.15, -0.1) is 0 Å². The van der Waals surface area contributed by atoms with Gasteiger partial charge < -0.3 is 19.5 Å². The van der Waals surface area contributed by atoms with E-state index in [0.29, 0.717) is 18.1 Å². The summed E-state index contributed by atoms with van der Waals surface area (Å²) in [5, 5.41) is 2.79. The molecule has 0 aliphatic rings. The van der Waals surface area contributed by atoms with Gasteiger partial charge >= 0.3 is 0 Å². The average Bonchev–Trinajstić information content (AvgIpc) is 2.76. The molecule has 2 N–H and O–H groups in total. The van der Waals surface area contributed by atoms with Crippen LogP contribution in [-0.2, 0) is 21.3 Å². The van der Waals surface area contributed by atoms with Crippen LogP contribution in [0.4, 0.5) is 0 Å². The lowest BCUT2D eigenvalue weighted by molar-refractivity contribution is 0.0950. The molecule has 0 radical (unpaired) electrons. The van der Waals surface area contributed by atoms with E-state index in [1.807, 2.05) is 13.0 Å². The van der Waals surface area contributed by atoms with Gasteiger partial charge in [-0.05, 0) is 42.3 Å². The highest BCUT2D eigenvalue weighted by Gasteiger charge is 2.16. The maximum atomic E-state index is 12.5. The van der Waals surface area contributed by atoms with Gasteiger partial charge in [-0.25, -0.2) is 13.1 Å². The lowest BCUT2D eigenvalue weighted by Gasteiger charge is -2.12. The molecule has 2 aromatic carbocycles. The highest BCUT2D eigenvalue weighted by molar-refractivity contribution is 7.89. The number of rotatable bonds is 12. The summed E-state index contributed by atoms with van der Waals surface area (Å²) in [4.78, 5) is 12.5. The van der Waals surface area contributed by atoms with E-state index in [9.17, 15) is 13.2 Å². The molecule has 0 aliphatic carbocycles. The van der Waals surface area contributed by atoms with Crippen molar-refractivity contribution in [2.45, 2.75) is 24.8 Å². The highest BCUT2D eigenvalue weighted by Crippen LogP contribution is 2.28. The third-order valence-electron chi connectivity index (χ3n) is 4.15. The van der Waals surface area contributed by atoms with Gasteiger partial charge in [0, 0.05) is 25.8 Å². The molecule has 0 aromatic heterocycles. The predicted octanol–water partition coefficient (Wildman–Crippen LogP) is 2.34. The second kappa shape index (κ2) is 11.5. The first-order valence-electron chi connectivity index (χ1n) is 9.57. The molecule has 9 heteroatoms. The van der Waals surface area contributed by atoms with Crippen molar-refractivity contribution in [3.63, 3.8) is 0 Å². The molecule has 0 heterocycles. The largest absolute Gasteiger partial charge is 0.493 e. The molecule has 2 aromatic rings. The Morgan fingerprint density at radius 2 is 1.83 bits per heavy atom. The molecule has 30 heavy (non-hydrogen) atoms. The molecule has 0 aliphatic heterocycles. The van der Waals surface area contributed by atoms with Gasteiger partial charge in [-0.1, -0.05) is 19.1 Å². The Morgan fingerprint density at radius 1 is 1.03 bits per heavy atom. The van der Waals surface area contributed by atoms with Gasteiger partial charge in [0.25, 0.3) is 5.91 Å². The third kappa shape index (κ3) is 6.72. The molecule has 164 valence electrons. The summed E-state index contributed by atoms with van der Waals surface area (Å²) in [6, 6.07) is 11.3. The van der Waals surface area contributed by atoms with Crippen molar-refractivity contribution in [2.24, 2.45) is 0 Å². The van der Waals surface area contributed by atoms with Crippen molar-refractivity contribution in [3.05, 3.63) is 53.6 Å². The minimum absolute atomic E-state index is 0.0188. The lowest BCUT2D eigenvalue weighted by atomic mass is 10.1. The second-order valence-electron chi connectivity index (χ2n) is 6.43. The molecule has 0 saturated carbocycles. The Labute approximate surface area is 177 Å². The number of sulfonamides is 1. The summed E-state index contributed by atoms with van der Waals surface area (Å²) in [5.74, 6) is 0.855. The predicted molar refractivity (Wildman–Crippen MR) is 113 cm³/mol. The molecule has 0 unspecified atom stereocenters.